The van der Waals surface area contributed by atoms with Crippen LogP contribution < -0.4 is 0 Å². The molecule has 6 nitrogen and oxygen atoms in total. The van der Waals surface area contributed by atoms with E-state index in [0.29, 0.717) is 0 Å². The van der Waals surface area contributed by atoms with Crippen molar-refractivity contribution >= 4 is 18.0 Å². The minimum Gasteiger partial charge on any atom is -0.478 e. The molecular formula is C11H9NO5. The number of isocyanates is 1. The Bertz CT molecular complexity index is 529. The smallest absolute Gasteiger partial charge is 0.336 e. The zero-order valence-corrected chi connectivity index (χ0v) is 8.93. The first kappa shape index (κ1) is 12.6. The molecule has 0 aliphatic heterocycles. The molecule has 0 amide bonds. The van der Waals surface area contributed by atoms with Gasteiger partial charge in [0, 0.05) is 0 Å². The van der Waals surface area contributed by atoms with Crippen molar-refractivity contribution in [3.05, 3.63) is 34.4 Å². The average molecular weight is 235 g/mol. The molecular weight excluding hydrogens is 226 g/mol. The van der Waals surface area contributed by atoms with Gasteiger partial charge < -0.3 is 10.2 Å². The van der Waals surface area contributed by atoms with Crippen molar-refractivity contribution in [3.63, 3.8) is 0 Å². The summed E-state index contributed by atoms with van der Waals surface area (Å²) in [6.07, 6.45) is 1.30. The van der Waals surface area contributed by atoms with Crippen molar-refractivity contribution in [2.75, 3.05) is 0 Å². The molecule has 0 bridgehead atoms. The maximum atomic E-state index is 11.0. The third kappa shape index (κ3) is 2.56. The van der Waals surface area contributed by atoms with Gasteiger partial charge in [-0.1, -0.05) is 6.07 Å². The first-order chi connectivity index (χ1) is 7.99. The van der Waals surface area contributed by atoms with Crippen molar-refractivity contribution in [2.24, 2.45) is 4.99 Å². The Labute approximate surface area is 96.2 Å². The van der Waals surface area contributed by atoms with E-state index in [1.807, 2.05) is 0 Å². The van der Waals surface area contributed by atoms with Gasteiger partial charge in [-0.25, -0.2) is 19.4 Å². The van der Waals surface area contributed by atoms with Crippen LogP contribution in [0.2, 0.25) is 0 Å². The molecule has 0 saturated carbocycles. The van der Waals surface area contributed by atoms with Crippen LogP contribution in [-0.4, -0.2) is 28.2 Å². The summed E-state index contributed by atoms with van der Waals surface area (Å²) in [4.78, 5) is 35.2. The van der Waals surface area contributed by atoms with Crippen LogP contribution in [0.4, 0.5) is 0 Å². The number of carbonyl (C=O) groups is 2. The Hall–Kier alpha value is -2.46. The van der Waals surface area contributed by atoms with Crippen molar-refractivity contribution in [3.8, 4) is 0 Å². The number of aromatic carboxylic acids is 2. The summed E-state index contributed by atoms with van der Waals surface area (Å²) in [7, 11) is 0. The van der Waals surface area contributed by atoms with Crippen molar-refractivity contribution in [1.29, 1.82) is 0 Å². The zero-order chi connectivity index (χ0) is 13.0. The van der Waals surface area contributed by atoms with E-state index in [1.165, 1.54) is 25.1 Å². The van der Waals surface area contributed by atoms with Crippen LogP contribution in [0.15, 0.2) is 17.1 Å². The van der Waals surface area contributed by atoms with E-state index in [2.05, 4.69) is 4.99 Å². The minimum absolute atomic E-state index is 0.0822. The third-order valence-corrected chi connectivity index (χ3v) is 2.31. The molecule has 0 radical (unpaired) electrons. The molecule has 0 spiro atoms. The van der Waals surface area contributed by atoms with E-state index in [-0.39, 0.29) is 28.8 Å². The van der Waals surface area contributed by atoms with Gasteiger partial charge in [0.25, 0.3) is 0 Å². The van der Waals surface area contributed by atoms with Gasteiger partial charge in [-0.3, -0.25) is 0 Å². The van der Waals surface area contributed by atoms with Crippen LogP contribution in [0.25, 0.3) is 0 Å². The van der Waals surface area contributed by atoms with Crippen LogP contribution in [0.1, 0.15) is 31.8 Å². The Morgan fingerprint density at radius 1 is 1.29 bits per heavy atom. The number of carbonyl (C=O) groups excluding carboxylic acids is 1. The maximum Gasteiger partial charge on any atom is 0.336 e. The average Bonchev–Trinajstić information content (AvgIpc) is 2.25. The highest BCUT2D eigenvalue weighted by Gasteiger charge is 2.18. The zero-order valence-electron chi connectivity index (χ0n) is 8.93. The number of carboxylic acid groups (broad SMARTS) is 2. The number of carboxylic acids is 2. The monoisotopic (exact) mass is 235 g/mol. The molecule has 0 unspecified atom stereocenters. The number of rotatable bonds is 4. The van der Waals surface area contributed by atoms with Crippen LogP contribution in [-0.2, 0) is 11.3 Å². The summed E-state index contributed by atoms with van der Waals surface area (Å²) in [5.41, 5.74) is 0.206. The summed E-state index contributed by atoms with van der Waals surface area (Å²) in [6.45, 7) is 1.27. The summed E-state index contributed by atoms with van der Waals surface area (Å²) in [6, 6.07) is 2.63. The second-order valence-corrected chi connectivity index (χ2v) is 3.29. The van der Waals surface area contributed by atoms with Gasteiger partial charge in [0.2, 0.25) is 6.08 Å². The Balaban J connectivity index is 3.44. The minimum atomic E-state index is -1.25. The van der Waals surface area contributed by atoms with Gasteiger partial charge in [-0.05, 0) is 24.1 Å². The summed E-state index contributed by atoms with van der Waals surface area (Å²) in [5, 5.41) is 17.9. The molecule has 88 valence electrons. The van der Waals surface area contributed by atoms with Gasteiger partial charge in [-0.2, -0.15) is 0 Å². The molecule has 0 aliphatic carbocycles. The molecule has 0 fully saturated rings. The van der Waals surface area contributed by atoms with Crippen molar-refractivity contribution in [2.45, 2.75) is 13.5 Å². The molecule has 0 saturated heterocycles. The lowest BCUT2D eigenvalue weighted by Crippen LogP contribution is -2.10. The van der Waals surface area contributed by atoms with E-state index in [4.69, 9.17) is 10.2 Å². The SMILES string of the molecule is Cc1c(C(=O)O)ccc(CN=C=O)c1C(=O)O. The molecule has 0 aliphatic rings. The normalized spacial score (nSPS) is 9.47. The number of hydrogen-bond donors (Lipinski definition) is 2. The Morgan fingerprint density at radius 2 is 1.94 bits per heavy atom. The van der Waals surface area contributed by atoms with Gasteiger partial charge in [-0.15, -0.1) is 0 Å². The lowest BCUT2D eigenvalue weighted by molar-refractivity contribution is 0.0695. The predicted molar refractivity (Wildman–Crippen MR) is 56.9 cm³/mol. The van der Waals surface area contributed by atoms with Crippen LogP contribution in [0, 0.1) is 6.92 Å². The molecule has 1 rings (SSSR count). The van der Waals surface area contributed by atoms with Gasteiger partial charge >= 0.3 is 11.9 Å². The fourth-order valence-corrected chi connectivity index (χ4v) is 1.55. The molecule has 6 heteroatoms. The van der Waals surface area contributed by atoms with E-state index in [0.717, 1.165) is 0 Å². The van der Waals surface area contributed by atoms with Crippen molar-refractivity contribution < 1.29 is 24.6 Å². The van der Waals surface area contributed by atoms with E-state index >= 15 is 0 Å². The standard InChI is InChI=1S/C11H9NO5/c1-6-8(10(14)15)3-2-7(4-12-5-13)9(6)11(16)17/h2-3H,4H2,1H3,(H,14,15)(H,16,17). The first-order valence-corrected chi connectivity index (χ1v) is 4.61. The van der Waals surface area contributed by atoms with E-state index < -0.39 is 11.9 Å². The fraction of sp³-hybridized carbons (Fsp3) is 0.182. The third-order valence-electron chi connectivity index (χ3n) is 2.31. The highest BCUT2D eigenvalue weighted by Crippen LogP contribution is 2.19. The second kappa shape index (κ2) is 5.05. The highest BCUT2D eigenvalue weighted by atomic mass is 16.4. The van der Waals surface area contributed by atoms with Gasteiger partial charge in [0.05, 0.1) is 17.7 Å². The molecule has 0 atom stereocenters. The molecule has 1 aromatic carbocycles. The van der Waals surface area contributed by atoms with Crippen LogP contribution in [0.3, 0.4) is 0 Å². The van der Waals surface area contributed by atoms with E-state index in [9.17, 15) is 14.4 Å². The lowest BCUT2D eigenvalue weighted by atomic mass is 9.97. The predicted octanol–water partition coefficient (Wildman–Crippen LogP) is 1.23. The molecule has 0 heterocycles. The van der Waals surface area contributed by atoms with Crippen LogP contribution >= 0.6 is 0 Å². The molecule has 2 N–H and O–H groups in total. The van der Waals surface area contributed by atoms with Gasteiger partial charge in [0.1, 0.15) is 0 Å². The lowest BCUT2D eigenvalue weighted by Gasteiger charge is -2.09. The van der Waals surface area contributed by atoms with E-state index in [1.54, 1.807) is 0 Å². The molecule has 1 aromatic rings. The molecule has 17 heavy (non-hydrogen) atoms. The maximum absolute atomic E-state index is 11.0. The largest absolute Gasteiger partial charge is 0.478 e. The number of nitrogens with zero attached hydrogens (tertiary/aromatic N) is 1. The number of aliphatic imine (C=N–C) groups is 1. The second-order valence-electron chi connectivity index (χ2n) is 3.29. The van der Waals surface area contributed by atoms with Crippen molar-refractivity contribution in [1.82, 2.24) is 0 Å². The summed E-state index contributed by atoms with van der Waals surface area (Å²) >= 11 is 0. The molecule has 0 aromatic heterocycles. The Morgan fingerprint density at radius 3 is 2.41 bits per heavy atom. The number of benzene rings is 1. The number of hydrogen-bond acceptors (Lipinski definition) is 4. The summed E-state index contributed by atoms with van der Waals surface area (Å²) < 4.78 is 0. The quantitative estimate of drug-likeness (QED) is 0.603. The summed E-state index contributed by atoms with van der Waals surface area (Å²) in [5.74, 6) is -2.45. The Kier molecular flexibility index (Phi) is 3.74. The van der Waals surface area contributed by atoms with Gasteiger partial charge in [0.15, 0.2) is 0 Å². The topological polar surface area (TPSA) is 104 Å². The highest BCUT2D eigenvalue weighted by molar-refractivity contribution is 5.97. The first-order valence-electron chi connectivity index (χ1n) is 4.61. The van der Waals surface area contributed by atoms with Crippen LogP contribution in [0.5, 0.6) is 0 Å². The fourth-order valence-electron chi connectivity index (χ4n) is 1.55.